The first-order valence-electron chi connectivity index (χ1n) is 5.02. The maximum absolute atomic E-state index is 11.0. The van der Waals surface area contributed by atoms with Crippen LogP contribution in [-0.4, -0.2) is 22.2 Å². The van der Waals surface area contributed by atoms with Crippen LogP contribution in [0.4, 0.5) is 0 Å². The zero-order valence-corrected chi connectivity index (χ0v) is 9.01. The lowest BCUT2D eigenvalue weighted by atomic mass is 9.93. The van der Waals surface area contributed by atoms with Gasteiger partial charge < -0.3 is 10.2 Å². The molecule has 0 aliphatic heterocycles. The molecule has 1 aromatic rings. The summed E-state index contributed by atoms with van der Waals surface area (Å²) >= 11 is 0. The fourth-order valence-corrected chi connectivity index (χ4v) is 1.59. The number of benzene rings is 1. The lowest BCUT2D eigenvalue weighted by molar-refractivity contribution is -0.140. The van der Waals surface area contributed by atoms with Crippen molar-refractivity contribution in [3.05, 3.63) is 35.4 Å². The van der Waals surface area contributed by atoms with E-state index >= 15 is 0 Å². The summed E-state index contributed by atoms with van der Waals surface area (Å²) in [6.07, 6.45) is -0.0149. The Morgan fingerprint density at radius 2 is 2.00 bits per heavy atom. The van der Waals surface area contributed by atoms with Gasteiger partial charge in [0.1, 0.15) is 0 Å². The normalized spacial score (nSPS) is 12.1. The van der Waals surface area contributed by atoms with E-state index < -0.39 is 17.9 Å². The van der Waals surface area contributed by atoms with E-state index in [9.17, 15) is 9.59 Å². The third kappa shape index (κ3) is 3.38. The van der Waals surface area contributed by atoms with Crippen LogP contribution in [-0.2, 0) is 9.59 Å². The van der Waals surface area contributed by atoms with Gasteiger partial charge in [-0.15, -0.1) is 0 Å². The lowest BCUT2D eigenvalue weighted by Crippen LogP contribution is -2.13. The molecule has 1 unspecified atom stereocenters. The number of rotatable bonds is 5. The van der Waals surface area contributed by atoms with Crippen molar-refractivity contribution in [2.24, 2.45) is 0 Å². The Morgan fingerprint density at radius 1 is 1.31 bits per heavy atom. The number of aryl methyl sites for hydroxylation is 1. The SMILES string of the molecule is Cc1cccc(C(CCC(=O)O)C(=O)O)c1. The van der Waals surface area contributed by atoms with Crippen LogP contribution in [0.2, 0.25) is 0 Å². The molecule has 0 radical (unpaired) electrons. The largest absolute Gasteiger partial charge is 0.481 e. The minimum absolute atomic E-state index is 0.119. The van der Waals surface area contributed by atoms with Gasteiger partial charge in [0.05, 0.1) is 5.92 Å². The molecule has 1 atom stereocenters. The second kappa shape index (κ2) is 5.30. The Labute approximate surface area is 93.5 Å². The maximum Gasteiger partial charge on any atom is 0.310 e. The van der Waals surface area contributed by atoms with Crippen LogP contribution in [0, 0.1) is 6.92 Å². The van der Waals surface area contributed by atoms with Crippen molar-refractivity contribution in [2.75, 3.05) is 0 Å². The van der Waals surface area contributed by atoms with Crippen molar-refractivity contribution in [1.82, 2.24) is 0 Å². The van der Waals surface area contributed by atoms with Crippen molar-refractivity contribution in [2.45, 2.75) is 25.7 Å². The molecule has 0 aromatic heterocycles. The Balaban J connectivity index is 2.85. The summed E-state index contributed by atoms with van der Waals surface area (Å²) in [4.78, 5) is 21.5. The van der Waals surface area contributed by atoms with Crippen LogP contribution in [0.25, 0.3) is 0 Å². The molecule has 4 heteroatoms. The predicted octanol–water partition coefficient (Wildman–Crippen LogP) is 2.03. The van der Waals surface area contributed by atoms with E-state index in [0.717, 1.165) is 5.56 Å². The molecular weight excluding hydrogens is 208 g/mol. The number of aliphatic carboxylic acids is 2. The summed E-state index contributed by atoms with van der Waals surface area (Å²) in [7, 11) is 0. The predicted molar refractivity (Wildman–Crippen MR) is 58.4 cm³/mol. The van der Waals surface area contributed by atoms with Crippen LogP contribution in [0.3, 0.4) is 0 Å². The minimum Gasteiger partial charge on any atom is -0.481 e. The van der Waals surface area contributed by atoms with Crippen LogP contribution >= 0.6 is 0 Å². The quantitative estimate of drug-likeness (QED) is 0.799. The van der Waals surface area contributed by atoms with E-state index in [-0.39, 0.29) is 12.8 Å². The first-order valence-corrected chi connectivity index (χ1v) is 5.02. The van der Waals surface area contributed by atoms with E-state index in [0.29, 0.717) is 5.56 Å². The highest BCUT2D eigenvalue weighted by Gasteiger charge is 2.20. The number of hydrogen-bond donors (Lipinski definition) is 2. The average Bonchev–Trinajstić information content (AvgIpc) is 2.17. The van der Waals surface area contributed by atoms with Crippen molar-refractivity contribution in [3.8, 4) is 0 Å². The summed E-state index contributed by atoms with van der Waals surface area (Å²) in [5.41, 5.74) is 1.63. The molecule has 0 aliphatic rings. The summed E-state index contributed by atoms with van der Waals surface area (Å²) in [5, 5.41) is 17.6. The van der Waals surface area contributed by atoms with Gasteiger partial charge in [-0.05, 0) is 18.9 Å². The first kappa shape index (κ1) is 12.2. The highest BCUT2D eigenvalue weighted by molar-refractivity contribution is 5.77. The molecule has 0 bridgehead atoms. The standard InChI is InChI=1S/C12H14O4/c1-8-3-2-4-9(7-8)10(12(15)16)5-6-11(13)14/h2-4,7,10H,5-6H2,1H3,(H,13,14)(H,15,16). The highest BCUT2D eigenvalue weighted by Crippen LogP contribution is 2.22. The Morgan fingerprint density at radius 3 is 2.50 bits per heavy atom. The van der Waals surface area contributed by atoms with Gasteiger partial charge in [-0.3, -0.25) is 9.59 Å². The van der Waals surface area contributed by atoms with Gasteiger partial charge in [-0.1, -0.05) is 29.8 Å². The summed E-state index contributed by atoms with van der Waals surface area (Å²) in [5.74, 6) is -2.69. The lowest BCUT2D eigenvalue weighted by Gasteiger charge is -2.11. The molecule has 2 N–H and O–H groups in total. The van der Waals surface area contributed by atoms with Crippen molar-refractivity contribution < 1.29 is 19.8 Å². The van der Waals surface area contributed by atoms with E-state index in [1.165, 1.54) is 0 Å². The molecule has 0 heterocycles. The van der Waals surface area contributed by atoms with Crippen LogP contribution < -0.4 is 0 Å². The van der Waals surface area contributed by atoms with Gasteiger partial charge in [-0.25, -0.2) is 0 Å². The summed E-state index contributed by atoms with van der Waals surface area (Å²) < 4.78 is 0. The zero-order chi connectivity index (χ0) is 12.1. The van der Waals surface area contributed by atoms with Gasteiger partial charge in [-0.2, -0.15) is 0 Å². The van der Waals surface area contributed by atoms with Crippen LogP contribution in [0.1, 0.15) is 29.9 Å². The van der Waals surface area contributed by atoms with Gasteiger partial charge in [0.2, 0.25) is 0 Å². The maximum atomic E-state index is 11.0. The number of hydrogen-bond acceptors (Lipinski definition) is 2. The minimum atomic E-state index is -0.980. The van der Waals surface area contributed by atoms with E-state index in [1.807, 2.05) is 13.0 Å². The smallest absolute Gasteiger partial charge is 0.310 e. The van der Waals surface area contributed by atoms with Crippen LogP contribution in [0.5, 0.6) is 0 Å². The third-order valence-electron chi connectivity index (χ3n) is 2.39. The average molecular weight is 222 g/mol. The Bertz CT molecular complexity index is 398. The molecule has 0 saturated heterocycles. The van der Waals surface area contributed by atoms with Crippen molar-refractivity contribution in [3.63, 3.8) is 0 Å². The molecule has 0 spiro atoms. The number of carboxylic acids is 2. The molecule has 0 fully saturated rings. The number of carbonyl (C=O) groups is 2. The summed E-state index contributed by atoms with van der Waals surface area (Å²) in [6, 6.07) is 7.15. The fraction of sp³-hybridized carbons (Fsp3) is 0.333. The monoisotopic (exact) mass is 222 g/mol. The van der Waals surface area contributed by atoms with Gasteiger partial charge >= 0.3 is 11.9 Å². The fourth-order valence-electron chi connectivity index (χ4n) is 1.59. The molecule has 0 aliphatic carbocycles. The molecular formula is C12H14O4. The van der Waals surface area contributed by atoms with Gasteiger partial charge in [0, 0.05) is 6.42 Å². The summed E-state index contributed by atoms with van der Waals surface area (Å²) in [6.45, 7) is 1.87. The first-order chi connectivity index (χ1) is 7.50. The van der Waals surface area contributed by atoms with Gasteiger partial charge in [0.15, 0.2) is 0 Å². The molecule has 0 saturated carbocycles. The van der Waals surface area contributed by atoms with Gasteiger partial charge in [0.25, 0.3) is 0 Å². The topological polar surface area (TPSA) is 74.6 Å². The van der Waals surface area contributed by atoms with Crippen LogP contribution in [0.15, 0.2) is 24.3 Å². The highest BCUT2D eigenvalue weighted by atomic mass is 16.4. The zero-order valence-electron chi connectivity index (χ0n) is 9.01. The third-order valence-corrected chi connectivity index (χ3v) is 2.39. The van der Waals surface area contributed by atoms with E-state index in [1.54, 1.807) is 18.2 Å². The Hall–Kier alpha value is -1.84. The molecule has 4 nitrogen and oxygen atoms in total. The molecule has 16 heavy (non-hydrogen) atoms. The second-order valence-corrected chi connectivity index (χ2v) is 3.74. The molecule has 1 aromatic carbocycles. The molecule has 0 amide bonds. The molecule has 1 rings (SSSR count). The van der Waals surface area contributed by atoms with E-state index in [4.69, 9.17) is 10.2 Å². The second-order valence-electron chi connectivity index (χ2n) is 3.74. The molecule has 86 valence electrons. The van der Waals surface area contributed by atoms with Crippen molar-refractivity contribution >= 4 is 11.9 Å². The Kier molecular flexibility index (Phi) is 4.05. The van der Waals surface area contributed by atoms with Crippen molar-refractivity contribution in [1.29, 1.82) is 0 Å². The number of carboxylic acid groups (broad SMARTS) is 2. The van der Waals surface area contributed by atoms with E-state index in [2.05, 4.69) is 0 Å².